The maximum atomic E-state index is 3.75. The molecule has 106 valence electrons. The Hall–Kier alpha value is -0.980. The van der Waals surface area contributed by atoms with E-state index in [1.165, 1.54) is 61.8 Å². The predicted octanol–water partition coefficient (Wildman–Crippen LogP) is 5.46. The molecule has 0 spiro atoms. The lowest BCUT2D eigenvalue weighted by Gasteiger charge is -2.19. The van der Waals surface area contributed by atoms with E-state index in [1.807, 2.05) is 0 Å². The van der Waals surface area contributed by atoms with E-state index in [-0.39, 0.29) is 0 Å². The van der Waals surface area contributed by atoms with Gasteiger partial charge in [-0.1, -0.05) is 38.7 Å². The first-order chi connectivity index (χ1) is 9.19. The van der Waals surface area contributed by atoms with E-state index in [2.05, 4.69) is 44.3 Å². The normalized spacial score (nSPS) is 23.9. The molecule has 0 saturated heterocycles. The molecule has 1 heteroatoms. The molecule has 0 bridgehead atoms. The van der Waals surface area contributed by atoms with E-state index in [4.69, 9.17) is 0 Å². The second-order valence-electron chi connectivity index (χ2n) is 6.30. The molecule has 0 aromatic heterocycles. The highest BCUT2D eigenvalue weighted by Crippen LogP contribution is 2.28. The molecule has 1 aliphatic carbocycles. The number of aryl methyl sites for hydroxylation is 2. The third-order valence-corrected chi connectivity index (χ3v) is 4.66. The Morgan fingerprint density at radius 2 is 1.89 bits per heavy atom. The summed E-state index contributed by atoms with van der Waals surface area (Å²) >= 11 is 0. The van der Waals surface area contributed by atoms with Crippen LogP contribution in [0.4, 0.5) is 5.69 Å². The van der Waals surface area contributed by atoms with E-state index in [0.717, 1.165) is 5.92 Å². The summed E-state index contributed by atoms with van der Waals surface area (Å²) in [5.74, 6) is 0.983. The molecule has 1 saturated carbocycles. The molecule has 1 fully saturated rings. The minimum Gasteiger partial charge on any atom is -0.382 e. The zero-order valence-electron chi connectivity index (χ0n) is 12.8. The van der Waals surface area contributed by atoms with Gasteiger partial charge in [-0.3, -0.25) is 0 Å². The minimum absolute atomic E-state index is 0.684. The predicted molar refractivity (Wildman–Crippen MR) is 84.8 cm³/mol. The third kappa shape index (κ3) is 4.26. The first-order valence-corrected chi connectivity index (χ1v) is 8.03. The van der Waals surface area contributed by atoms with Crippen LogP contribution in [0.25, 0.3) is 0 Å². The lowest BCUT2D eigenvalue weighted by molar-refractivity contribution is 0.422. The van der Waals surface area contributed by atoms with Crippen molar-refractivity contribution in [3.63, 3.8) is 0 Å². The summed E-state index contributed by atoms with van der Waals surface area (Å²) < 4.78 is 0. The molecule has 1 aromatic carbocycles. The molecular weight excluding hydrogens is 230 g/mol. The van der Waals surface area contributed by atoms with Gasteiger partial charge in [0.1, 0.15) is 0 Å². The van der Waals surface area contributed by atoms with Crippen LogP contribution in [0.5, 0.6) is 0 Å². The van der Waals surface area contributed by atoms with Gasteiger partial charge in [-0.05, 0) is 62.3 Å². The van der Waals surface area contributed by atoms with Crippen molar-refractivity contribution in [2.24, 2.45) is 5.92 Å². The molecular formula is C18H29N. The lowest BCUT2D eigenvalue weighted by atomic mass is 9.95. The van der Waals surface area contributed by atoms with Gasteiger partial charge in [0.2, 0.25) is 0 Å². The zero-order valence-corrected chi connectivity index (χ0v) is 12.8. The van der Waals surface area contributed by atoms with Crippen LogP contribution in [0.1, 0.15) is 63.0 Å². The summed E-state index contributed by atoms with van der Waals surface area (Å²) in [6.45, 7) is 6.70. The van der Waals surface area contributed by atoms with E-state index in [0.29, 0.717) is 6.04 Å². The monoisotopic (exact) mass is 259 g/mol. The number of hydrogen-bond donors (Lipinski definition) is 1. The molecule has 0 radical (unpaired) electrons. The summed E-state index contributed by atoms with van der Waals surface area (Å²) in [7, 11) is 0. The number of anilines is 1. The van der Waals surface area contributed by atoms with Crippen molar-refractivity contribution in [3.8, 4) is 0 Å². The van der Waals surface area contributed by atoms with Crippen molar-refractivity contribution in [2.45, 2.75) is 71.8 Å². The summed E-state index contributed by atoms with van der Waals surface area (Å²) in [6, 6.07) is 7.44. The average molecular weight is 259 g/mol. The first kappa shape index (κ1) is 14.4. The van der Waals surface area contributed by atoms with Gasteiger partial charge in [0.25, 0.3) is 0 Å². The van der Waals surface area contributed by atoms with Crippen molar-refractivity contribution >= 4 is 5.69 Å². The standard InChI is InChI=1S/C18H29N/c1-4-6-16-7-5-8-17(12-10-16)19-18-11-9-14(2)15(3)13-18/h9,11,13,16-17,19H,4-8,10,12H2,1-3H3. The largest absolute Gasteiger partial charge is 0.382 e. The highest BCUT2D eigenvalue weighted by Gasteiger charge is 2.18. The Balaban J connectivity index is 1.90. The molecule has 0 heterocycles. The van der Waals surface area contributed by atoms with Crippen molar-refractivity contribution in [1.29, 1.82) is 0 Å². The van der Waals surface area contributed by atoms with E-state index in [1.54, 1.807) is 0 Å². The summed E-state index contributed by atoms with van der Waals surface area (Å²) in [5.41, 5.74) is 4.08. The van der Waals surface area contributed by atoms with E-state index in [9.17, 15) is 0 Å². The van der Waals surface area contributed by atoms with Crippen molar-refractivity contribution in [1.82, 2.24) is 0 Å². The number of rotatable bonds is 4. The fraction of sp³-hybridized carbons (Fsp3) is 0.667. The molecule has 2 unspecified atom stereocenters. The Labute approximate surface area is 118 Å². The highest BCUT2D eigenvalue weighted by atomic mass is 14.9. The van der Waals surface area contributed by atoms with Crippen LogP contribution >= 0.6 is 0 Å². The third-order valence-electron chi connectivity index (χ3n) is 4.66. The van der Waals surface area contributed by atoms with Crippen LogP contribution < -0.4 is 5.32 Å². The topological polar surface area (TPSA) is 12.0 Å². The smallest absolute Gasteiger partial charge is 0.0345 e. The van der Waals surface area contributed by atoms with Gasteiger partial charge < -0.3 is 5.32 Å². The van der Waals surface area contributed by atoms with Gasteiger partial charge in [-0.2, -0.15) is 0 Å². The lowest BCUT2D eigenvalue weighted by Crippen LogP contribution is -2.18. The minimum atomic E-state index is 0.684. The molecule has 1 aromatic rings. The maximum Gasteiger partial charge on any atom is 0.0345 e. The van der Waals surface area contributed by atoms with Crippen LogP contribution in [0.3, 0.4) is 0 Å². The van der Waals surface area contributed by atoms with Crippen molar-refractivity contribution in [3.05, 3.63) is 29.3 Å². The SMILES string of the molecule is CCCC1CCCC(Nc2ccc(C)c(C)c2)CC1. The van der Waals surface area contributed by atoms with Gasteiger partial charge in [0.05, 0.1) is 0 Å². The Morgan fingerprint density at radius 3 is 2.63 bits per heavy atom. The first-order valence-electron chi connectivity index (χ1n) is 8.03. The second kappa shape index (κ2) is 6.98. The average Bonchev–Trinajstić information content (AvgIpc) is 2.60. The molecule has 2 atom stereocenters. The molecule has 1 nitrogen and oxygen atoms in total. The fourth-order valence-electron chi connectivity index (χ4n) is 3.29. The van der Waals surface area contributed by atoms with Gasteiger partial charge >= 0.3 is 0 Å². The van der Waals surface area contributed by atoms with Crippen LogP contribution in [0.15, 0.2) is 18.2 Å². The van der Waals surface area contributed by atoms with E-state index < -0.39 is 0 Å². The molecule has 1 aliphatic rings. The fourth-order valence-corrected chi connectivity index (χ4v) is 3.29. The Kier molecular flexibility index (Phi) is 5.30. The molecule has 0 aliphatic heterocycles. The Morgan fingerprint density at radius 1 is 1.05 bits per heavy atom. The van der Waals surface area contributed by atoms with E-state index >= 15 is 0 Å². The van der Waals surface area contributed by atoms with Gasteiger partial charge in [0, 0.05) is 11.7 Å². The number of hydrogen-bond acceptors (Lipinski definition) is 1. The van der Waals surface area contributed by atoms with Crippen molar-refractivity contribution in [2.75, 3.05) is 5.32 Å². The zero-order chi connectivity index (χ0) is 13.7. The van der Waals surface area contributed by atoms with Crippen LogP contribution in [0.2, 0.25) is 0 Å². The number of nitrogens with one attached hydrogen (secondary N) is 1. The summed E-state index contributed by atoms with van der Waals surface area (Å²) in [6.07, 6.45) is 9.71. The molecule has 2 rings (SSSR count). The quantitative estimate of drug-likeness (QED) is 0.707. The summed E-state index contributed by atoms with van der Waals surface area (Å²) in [5, 5.41) is 3.75. The maximum absolute atomic E-state index is 3.75. The molecule has 19 heavy (non-hydrogen) atoms. The highest BCUT2D eigenvalue weighted by molar-refractivity contribution is 5.48. The van der Waals surface area contributed by atoms with Gasteiger partial charge in [-0.15, -0.1) is 0 Å². The van der Waals surface area contributed by atoms with Gasteiger partial charge in [0.15, 0.2) is 0 Å². The molecule has 1 N–H and O–H groups in total. The number of benzene rings is 1. The van der Waals surface area contributed by atoms with Crippen LogP contribution in [-0.2, 0) is 0 Å². The summed E-state index contributed by atoms with van der Waals surface area (Å²) in [4.78, 5) is 0. The van der Waals surface area contributed by atoms with Crippen LogP contribution in [-0.4, -0.2) is 6.04 Å². The van der Waals surface area contributed by atoms with Crippen molar-refractivity contribution < 1.29 is 0 Å². The van der Waals surface area contributed by atoms with Crippen LogP contribution in [0, 0.1) is 19.8 Å². The Bertz CT molecular complexity index is 397. The van der Waals surface area contributed by atoms with Gasteiger partial charge in [-0.25, -0.2) is 0 Å². The molecule has 0 amide bonds. The second-order valence-corrected chi connectivity index (χ2v) is 6.30.